The number of carbonyl (C=O) groups excluding carboxylic acids is 1. The summed E-state index contributed by atoms with van der Waals surface area (Å²) in [5.74, 6) is -0.262. The van der Waals surface area contributed by atoms with Crippen LogP contribution in [0.4, 0.5) is 8.78 Å². The lowest BCUT2D eigenvalue weighted by atomic mass is 10.0. The first kappa shape index (κ1) is 27.0. The third-order valence-corrected chi connectivity index (χ3v) is 6.93. The average molecular weight is 578 g/mol. The maximum atomic E-state index is 13.1. The number of carbonyl (C=O) groups is 1. The number of esters is 1. The lowest BCUT2D eigenvalue weighted by Crippen LogP contribution is -2.26. The molecule has 1 aliphatic rings. The van der Waals surface area contributed by atoms with E-state index in [1.54, 1.807) is 10.9 Å². The standard InChI is InChI=1S/C27H23Cl2F2N3O5/c28-19-11-34(36)12-20(29)18(19)10-24(38-26(35)13-33-15-32-21-3-1-2-4-22(21)33)17-7-8-23(39-27(30)31)25(9-17)37-14-16-5-6-16/h1-4,7-9,11-12,15-16,24,27H,5-6,10,13-14H2/t24-/m0/s1. The van der Waals surface area contributed by atoms with Crippen molar-refractivity contribution in [3.8, 4) is 11.5 Å². The van der Waals surface area contributed by atoms with Gasteiger partial charge in [-0.05, 0) is 48.6 Å². The molecule has 2 aromatic heterocycles. The number of nitrogens with zero attached hydrogens (tertiary/aromatic N) is 3. The molecule has 2 heterocycles. The zero-order chi connectivity index (χ0) is 27.5. The van der Waals surface area contributed by atoms with Gasteiger partial charge in [-0.25, -0.2) is 4.98 Å². The van der Waals surface area contributed by atoms with Gasteiger partial charge in [-0.3, -0.25) is 4.79 Å². The highest BCUT2D eigenvalue weighted by molar-refractivity contribution is 6.35. The number of ether oxygens (including phenoxy) is 3. The van der Waals surface area contributed by atoms with E-state index in [-0.39, 0.29) is 34.5 Å². The molecule has 204 valence electrons. The number of pyridine rings is 1. The van der Waals surface area contributed by atoms with E-state index in [0.717, 1.165) is 36.3 Å². The minimum atomic E-state index is -3.04. The van der Waals surface area contributed by atoms with Crippen molar-refractivity contribution in [2.75, 3.05) is 6.61 Å². The van der Waals surface area contributed by atoms with Gasteiger partial charge in [0.1, 0.15) is 22.7 Å². The van der Waals surface area contributed by atoms with Gasteiger partial charge in [0.05, 0.1) is 24.0 Å². The third kappa shape index (κ3) is 6.69. The van der Waals surface area contributed by atoms with Crippen LogP contribution in [0.15, 0.2) is 61.2 Å². The van der Waals surface area contributed by atoms with Crippen molar-refractivity contribution < 1.29 is 32.5 Å². The van der Waals surface area contributed by atoms with E-state index in [9.17, 15) is 18.8 Å². The summed E-state index contributed by atoms with van der Waals surface area (Å²) >= 11 is 12.6. The molecular formula is C27H23Cl2F2N3O5. The molecule has 8 nitrogen and oxygen atoms in total. The molecule has 1 fully saturated rings. The van der Waals surface area contributed by atoms with Crippen LogP contribution in [-0.2, 0) is 22.5 Å². The van der Waals surface area contributed by atoms with Crippen LogP contribution in [0.2, 0.25) is 10.0 Å². The second-order valence-electron chi connectivity index (χ2n) is 9.18. The van der Waals surface area contributed by atoms with Crippen molar-refractivity contribution in [1.29, 1.82) is 0 Å². The van der Waals surface area contributed by atoms with Gasteiger partial charge < -0.3 is 24.0 Å². The molecule has 1 aliphatic carbocycles. The van der Waals surface area contributed by atoms with Gasteiger partial charge in [-0.15, -0.1) is 0 Å². The first-order chi connectivity index (χ1) is 18.8. The Morgan fingerprint density at radius 1 is 1.13 bits per heavy atom. The predicted molar refractivity (Wildman–Crippen MR) is 139 cm³/mol. The molecule has 1 atom stereocenters. The minimum Gasteiger partial charge on any atom is -0.619 e. The van der Waals surface area contributed by atoms with Gasteiger partial charge in [0.25, 0.3) is 0 Å². The largest absolute Gasteiger partial charge is 0.619 e. The highest BCUT2D eigenvalue weighted by Crippen LogP contribution is 2.37. The highest BCUT2D eigenvalue weighted by atomic mass is 35.5. The number of alkyl halides is 2. The van der Waals surface area contributed by atoms with Crippen LogP contribution in [0.3, 0.4) is 0 Å². The van der Waals surface area contributed by atoms with E-state index in [0.29, 0.717) is 28.4 Å². The topological polar surface area (TPSA) is 89.5 Å². The fraction of sp³-hybridized carbons (Fsp3) is 0.296. The van der Waals surface area contributed by atoms with Crippen LogP contribution in [-0.4, -0.2) is 28.7 Å². The Kier molecular flexibility index (Phi) is 8.04. The number of imidazole rings is 1. The summed E-state index contributed by atoms with van der Waals surface area (Å²) < 4.78 is 44.5. The molecule has 0 amide bonds. The number of hydrogen-bond acceptors (Lipinski definition) is 6. The molecule has 5 rings (SSSR count). The maximum Gasteiger partial charge on any atom is 0.387 e. The Labute approximate surface area is 232 Å². The molecule has 1 saturated carbocycles. The fourth-order valence-corrected chi connectivity index (χ4v) is 4.73. The molecule has 0 saturated heterocycles. The molecule has 39 heavy (non-hydrogen) atoms. The van der Waals surface area contributed by atoms with Crippen LogP contribution < -0.4 is 14.2 Å². The van der Waals surface area contributed by atoms with Crippen LogP contribution in [0, 0.1) is 11.1 Å². The highest BCUT2D eigenvalue weighted by Gasteiger charge is 2.26. The van der Waals surface area contributed by atoms with E-state index in [1.807, 2.05) is 24.3 Å². The molecule has 0 radical (unpaired) electrons. The number of hydrogen-bond donors (Lipinski definition) is 0. The summed E-state index contributed by atoms with van der Waals surface area (Å²) in [6.45, 7) is -2.83. The summed E-state index contributed by atoms with van der Waals surface area (Å²) in [5, 5.41) is 11.9. The first-order valence-electron chi connectivity index (χ1n) is 12.1. The van der Waals surface area contributed by atoms with Crippen LogP contribution >= 0.6 is 23.2 Å². The molecule has 0 spiro atoms. The second kappa shape index (κ2) is 11.6. The molecule has 0 bridgehead atoms. The number of halogens is 4. The number of para-hydroxylation sites is 2. The van der Waals surface area contributed by atoms with Gasteiger partial charge in [0.15, 0.2) is 23.9 Å². The summed E-state index contributed by atoms with van der Waals surface area (Å²) in [6.07, 6.45) is 4.88. The van der Waals surface area contributed by atoms with Crippen LogP contribution in [0.5, 0.6) is 11.5 Å². The Bertz CT molecular complexity index is 1470. The second-order valence-corrected chi connectivity index (χ2v) is 9.99. The van der Waals surface area contributed by atoms with Crippen LogP contribution in [0.1, 0.15) is 30.1 Å². The van der Waals surface area contributed by atoms with E-state index < -0.39 is 18.7 Å². The normalized spacial score (nSPS) is 14.0. The molecule has 4 aromatic rings. The molecule has 0 N–H and O–H groups in total. The van der Waals surface area contributed by atoms with Gasteiger partial charge in [-0.1, -0.05) is 41.4 Å². The minimum absolute atomic E-state index is 0.00599. The van der Waals surface area contributed by atoms with Crippen molar-refractivity contribution in [3.05, 3.63) is 87.6 Å². The van der Waals surface area contributed by atoms with Crippen molar-refractivity contribution in [2.24, 2.45) is 5.92 Å². The Morgan fingerprint density at radius 3 is 2.59 bits per heavy atom. The zero-order valence-corrected chi connectivity index (χ0v) is 21.9. The summed E-state index contributed by atoms with van der Waals surface area (Å²) in [4.78, 5) is 17.4. The van der Waals surface area contributed by atoms with Gasteiger partial charge in [0, 0.05) is 12.0 Å². The Morgan fingerprint density at radius 2 is 1.87 bits per heavy atom. The van der Waals surface area contributed by atoms with Crippen molar-refractivity contribution >= 4 is 40.2 Å². The monoisotopic (exact) mass is 577 g/mol. The molecule has 0 aliphatic heterocycles. The van der Waals surface area contributed by atoms with E-state index in [4.69, 9.17) is 32.7 Å². The Balaban J connectivity index is 1.45. The molecule has 2 aromatic carbocycles. The lowest BCUT2D eigenvalue weighted by molar-refractivity contribution is -0.605. The SMILES string of the molecule is O=C(Cn1cnc2ccccc21)O[C@@H](Cc1c(Cl)c[n+]([O-])cc1Cl)c1ccc(OC(F)F)c(OCC2CC2)c1. The first-order valence-corrected chi connectivity index (χ1v) is 12.9. The molecular weight excluding hydrogens is 555 g/mol. The summed E-state index contributed by atoms with van der Waals surface area (Å²) in [7, 11) is 0. The van der Waals surface area contributed by atoms with Gasteiger partial charge >= 0.3 is 12.6 Å². The lowest BCUT2D eigenvalue weighted by Gasteiger charge is -2.21. The van der Waals surface area contributed by atoms with Crippen molar-refractivity contribution in [3.63, 3.8) is 0 Å². The quantitative estimate of drug-likeness (QED) is 0.125. The maximum absolute atomic E-state index is 13.1. The van der Waals surface area contributed by atoms with Crippen LogP contribution in [0.25, 0.3) is 11.0 Å². The smallest absolute Gasteiger partial charge is 0.387 e. The van der Waals surface area contributed by atoms with Crippen molar-refractivity contribution in [2.45, 2.75) is 38.5 Å². The Hall–Kier alpha value is -3.63. The van der Waals surface area contributed by atoms with Gasteiger partial charge in [0.2, 0.25) is 0 Å². The number of rotatable bonds is 11. The number of fused-ring (bicyclic) bond motifs is 1. The number of aromatic nitrogens is 3. The van der Waals surface area contributed by atoms with Gasteiger partial charge in [-0.2, -0.15) is 13.5 Å². The van der Waals surface area contributed by atoms with Crippen molar-refractivity contribution in [1.82, 2.24) is 9.55 Å². The predicted octanol–water partition coefficient (Wildman–Crippen LogP) is 5.89. The summed E-state index contributed by atoms with van der Waals surface area (Å²) in [5.41, 5.74) is 2.30. The average Bonchev–Trinajstić information content (AvgIpc) is 3.64. The number of benzene rings is 2. The van der Waals surface area contributed by atoms with E-state index in [1.165, 1.54) is 18.2 Å². The fourth-order valence-electron chi connectivity index (χ4n) is 4.13. The van der Waals surface area contributed by atoms with E-state index >= 15 is 0 Å². The zero-order valence-electron chi connectivity index (χ0n) is 20.4. The molecule has 12 heteroatoms. The molecule has 0 unspecified atom stereocenters. The third-order valence-electron chi connectivity index (χ3n) is 6.27. The summed E-state index contributed by atoms with van der Waals surface area (Å²) in [6, 6.07) is 11.7. The van der Waals surface area contributed by atoms with E-state index in [2.05, 4.69) is 9.72 Å².